The molecule has 9 nitrogen and oxygen atoms in total. The summed E-state index contributed by atoms with van der Waals surface area (Å²) in [4.78, 5) is 23.8. The molecular formula is C24H28F3N3O6S. The van der Waals surface area contributed by atoms with Crippen molar-refractivity contribution in [1.29, 1.82) is 0 Å². The number of alkyl halides is 3. The van der Waals surface area contributed by atoms with E-state index in [9.17, 15) is 31.2 Å². The quantitative estimate of drug-likeness (QED) is 0.553. The molecule has 0 spiro atoms. The summed E-state index contributed by atoms with van der Waals surface area (Å²) in [6.45, 7) is 6.74. The molecule has 1 aliphatic heterocycles. The fourth-order valence-electron chi connectivity index (χ4n) is 3.58. The van der Waals surface area contributed by atoms with Crippen LogP contribution in [0.2, 0.25) is 0 Å². The molecule has 0 fully saturated rings. The van der Waals surface area contributed by atoms with Crippen molar-refractivity contribution in [3.8, 4) is 5.75 Å². The molecule has 0 saturated carbocycles. The van der Waals surface area contributed by atoms with Crippen LogP contribution in [0.4, 0.5) is 29.3 Å². The van der Waals surface area contributed by atoms with Crippen molar-refractivity contribution in [1.82, 2.24) is 5.32 Å². The van der Waals surface area contributed by atoms with E-state index in [1.165, 1.54) is 18.2 Å². The second kappa shape index (κ2) is 10.5. The molecule has 0 bridgehead atoms. The number of halogens is 3. The summed E-state index contributed by atoms with van der Waals surface area (Å²) < 4.78 is 79.0. The van der Waals surface area contributed by atoms with Crippen LogP contribution in [0.5, 0.6) is 5.75 Å². The van der Waals surface area contributed by atoms with Gasteiger partial charge in [0.2, 0.25) is 5.91 Å². The van der Waals surface area contributed by atoms with Gasteiger partial charge in [0.15, 0.2) is 0 Å². The van der Waals surface area contributed by atoms with Crippen LogP contribution in [0.15, 0.2) is 47.4 Å². The van der Waals surface area contributed by atoms with Gasteiger partial charge in [-0.05, 0) is 64.1 Å². The molecule has 1 atom stereocenters. The molecule has 3 rings (SSSR count). The first-order valence-electron chi connectivity index (χ1n) is 11.4. The van der Waals surface area contributed by atoms with E-state index < -0.39 is 44.5 Å². The van der Waals surface area contributed by atoms with Crippen LogP contribution >= 0.6 is 0 Å². The second-order valence-corrected chi connectivity index (χ2v) is 11.1. The van der Waals surface area contributed by atoms with Crippen LogP contribution in [0.3, 0.4) is 0 Å². The molecule has 0 aliphatic carbocycles. The third kappa shape index (κ3) is 7.06. The molecular weight excluding hydrogens is 515 g/mol. The Morgan fingerprint density at radius 1 is 1.14 bits per heavy atom. The van der Waals surface area contributed by atoms with Gasteiger partial charge < -0.3 is 14.8 Å². The van der Waals surface area contributed by atoms with Gasteiger partial charge in [0, 0.05) is 12.2 Å². The Bertz CT molecular complexity index is 1280. The lowest BCUT2D eigenvalue weighted by Crippen LogP contribution is -2.45. The van der Waals surface area contributed by atoms with Gasteiger partial charge in [-0.3, -0.25) is 14.4 Å². The van der Waals surface area contributed by atoms with Crippen molar-refractivity contribution in [2.75, 3.05) is 22.7 Å². The molecule has 2 aromatic rings. The van der Waals surface area contributed by atoms with E-state index >= 15 is 0 Å². The molecule has 0 radical (unpaired) electrons. The lowest BCUT2D eigenvalue weighted by molar-refractivity contribution is -0.137. The van der Waals surface area contributed by atoms with Gasteiger partial charge in [0.05, 0.1) is 29.1 Å². The largest absolute Gasteiger partial charge is 0.486 e. The van der Waals surface area contributed by atoms with Crippen LogP contribution in [0.25, 0.3) is 0 Å². The molecule has 1 aliphatic rings. The fraction of sp³-hybridized carbons (Fsp3) is 0.417. The molecule has 2 amide bonds. The highest BCUT2D eigenvalue weighted by Crippen LogP contribution is 2.40. The van der Waals surface area contributed by atoms with Crippen LogP contribution in [0, 0.1) is 0 Å². The number of hydrogen-bond acceptors (Lipinski definition) is 6. The van der Waals surface area contributed by atoms with Crippen molar-refractivity contribution in [2.24, 2.45) is 0 Å². The summed E-state index contributed by atoms with van der Waals surface area (Å²) in [7, 11) is -4.54. The Labute approximate surface area is 213 Å². The number of carbonyl (C=O) groups excluding carboxylic acids is 2. The minimum absolute atomic E-state index is 0.0156. The molecule has 1 heterocycles. The minimum atomic E-state index is -4.75. The average molecular weight is 544 g/mol. The number of fused-ring (bicyclic) bond motifs is 1. The molecule has 0 aromatic heterocycles. The Hall–Kier alpha value is -3.48. The molecule has 2 aromatic carbocycles. The molecule has 37 heavy (non-hydrogen) atoms. The summed E-state index contributed by atoms with van der Waals surface area (Å²) in [5.74, 6) is -0.304. The number of rotatable bonds is 6. The zero-order chi connectivity index (χ0) is 27.6. The number of amides is 2. The molecule has 202 valence electrons. The number of nitrogens with zero attached hydrogens (tertiary/aromatic N) is 1. The first-order valence-corrected chi connectivity index (χ1v) is 12.8. The summed E-state index contributed by atoms with van der Waals surface area (Å²) in [5.41, 5.74) is -1.76. The van der Waals surface area contributed by atoms with E-state index in [1.807, 2.05) is 0 Å². The molecule has 1 unspecified atom stereocenters. The number of anilines is 2. The monoisotopic (exact) mass is 543 g/mol. The van der Waals surface area contributed by atoms with Gasteiger partial charge in [-0.1, -0.05) is 6.07 Å². The summed E-state index contributed by atoms with van der Waals surface area (Å²) in [5, 5.41) is 5.10. The first kappa shape index (κ1) is 28.1. The smallest absolute Gasteiger partial charge is 0.416 e. The van der Waals surface area contributed by atoms with Gasteiger partial charge in [0.1, 0.15) is 17.5 Å². The number of nitrogens with one attached hydrogen (secondary N) is 2. The SMILES string of the molecule is CCNC(=O)CC1CN(S(=O)(=O)c2cccc(C(F)(F)F)c2)c2cc(NC(=O)OC(C)(C)C)ccc2O1. The van der Waals surface area contributed by atoms with Crippen LogP contribution < -0.4 is 19.7 Å². The maximum Gasteiger partial charge on any atom is 0.416 e. The first-order chi connectivity index (χ1) is 17.1. The van der Waals surface area contributed by atoms with E-state index in [1.54, 1.807) is 27.7 Å². The van der Waals surface area contributed by atoms with Crippen molar-refractivity contribution in [3.63, 3.8) is 0 Å². The van der Waals surface area contributed by atoms with Crippen molar-refractivity contribution < 1.29 is 40.7 Å². The molecule has 2 N–H and O–H groups in total. The third-order valence-electron chi connectivity index (χ3n) is 5.07. The Morgan fingerprint density at radius 3 is 2.46 bits per heavy atom. The lowest BCUT2D eigenvalue weighted by Gasteiger charge is -2.35. The van der Waals surface area contributed by atoms with Gasteiger partial charge in [-0.25, -0.2) is 13.2 Å². The van der Waals surface area contributed by atoms with Gasteiger partial charge in [-0.15, -0.1) is 0 Å². The standard InChI is InChI=1S/C24H28F3N3O6S/c1-5-28-21(31)13-17-14-30(37(33,34)18-8-6-7-15(11-18)24(25,26)27)19-12-16(9-10-20(19)35-17)29-22(32)36-23(2,3)4/h6-12,17H,5,13-14H2,1-4H3,(H,28,31)(H,29,32). The third-order valence-corrected chi connectivity index (χ3v) is 6.85. The number of hydrogen-bond donors (Lipinski definition) is 2. The fourth-order valence-corrected chi connectivity index (χ4v) is 5.13. The highest BCUT2D eigenvalue weighted by molar-refractivity contribution is 7.92. The number of sulfonamides is 1. The van der Waals surface area contributed by atoms with Crippen LogP contribution in [0.1, 0.15) is 39.7 Å². The number of carbonyl (C=O) groups is 2. The predicted molar refractivity (Wildman–Crippen MR) is 130 cm³/mol. The maximum atomic E-state index is 13.6. The van der Waals surface area contributed by atoms with Gasteiger partial charge in [0.25, 0.3) is 10.0 Å². The Morgan fingerprint density at radius 2 is 1.84 bits per heavy atom. The van der Waals surface area contributed by atoms with Crippen molar-refractivity contribution in [2.45, 2.75) is 56.9 Å². The van der Waals surface area contributed by atoms with Crippen molar-refractivity contribution >= 4 is 33.4 Å². The molecule has 0 saturated heterocycles. The Balaban J connectivity index is 2.03. The van der Waals surface area contributed by atoms with E-state index in [0.717, 1.165) is 22.5 Å². The number of ether oxygens (including phenoxy) is 2. The highest BCUT2D eigenvalue weighted by atomic mass is 32.2. The van der Waals surface area contributed by atoms with E-state index in [4.69, 9.17) is 9.47 Å². The summed E-state index contributed by atoms with van der Waals surface area (Å²) in [6, 6.07) is 7.55. The molecule has 13 heteroatoms. The van der Waals surface area contributed by atoms with Crippen LogP contribution in [-0.2, 0) is 25.7 Å². The average Bonchev–Trinajstić information content (AvgIpc) is 2.77. The lowest BCUT2D eigenvalue weighted by atomic mass is 10.1. The van der Waals surface area contributed by atoms with E-state index in [2.05, 4.69) is 10.6 Å². The van der Waals surface area contributed by atoms with Gasteiger partial charge in [-0.2, -0.15) is 13.2 Å². The summed E-state index contributed by atoms with van der Waals surface area (Å²) in [6.07, 6.45) is -6.63. The highest BCUT2D eigenvalue weighted by Gasteiger charge is 2.37. The van der Waals surface area contributed by atoms with Crippen LogP contribution in [-0.4, -0.2) is 45.2 Å². The van der Waals surface area contributed by atoms with E-state index in [-0.39, 0.29) is 36.0 Å². The summed E-state index contributed by atoms with van der Waals surface area (Å²) >= 11 is 0. The van der Waals surface area contributed by atoms with Crippen molar-refractivity contribution in [3.05, 3.63) is 48.0 Å². The Kier molecular flexibility index (Phi) is 7.96. The second-order valence-electron chi connectivity index (χ2n) is 9.27. The number of benzene rings is 2. The topological polar surface area (TPSA) is 114 Å². The normalized spacial score (nSPS) is 15.9. The zero-order valence-corrected chi connectivity index (χ0v) is 21.5. The maximum absolute atomic E-state index is 13.6. The van der Waals surface area contributed by atoms with E-state index in [0.29, 0.717) is 12.6 Å². The predicted octanol–water partition coefficient (Wildman–Crippen LogP) is 4.53. The minimum Gasteiger partial charge on any atom is -0.486 e. The zero-order valence-electron chi connectivity index (χ0n) is 20.7. The van der Waals surface area contributed by atoms with Gasteiger partial charge >= 0.3 is 12.3 Å².